The number of hydrogen-bond acceptors (Lipinski definition) is 4. The van der Waals surface area contributed by atoms with Gasteiger partial charge in [0.1, 0.15) is 0 Å². The van der Waals surface area contributed by atoms with Crippen molar-refractivity contribution in [3.63, 3.8) is 0 Å². The predicted octanol–water partition coefficient (Wildman–Crippen LogP) is 3.62. The molecule has 1 aromatic carbocycles. The number of aryl methyl sites for hydroxylation is 1. The van der Waals surface area contributed by atoms with Crippen LogP contribution >= 0.6 is 0 Å². The third kappa shape index (κ3) is 7.67. The van der Waals surface area contributed by atoms with Gasteiger partial charge in [0.05, 0.1) is 20.8 Å². The zero-order chi connectivity index (χ0) is 15.2. The molecule has 0 saturated heterocycles. The van der Waals surface area contributed by atoms with Crippen molar-refractivity contribution >= 4 is 6.47 Å². The lowest BCUT2D eigenvalue weighted by Crippen LogP contribution is -1.92. The Labute approximate surface area is 122 Å². The first-order valence-corrected chi connectivity index (χ1v) is 6.99. The van der Waals surface area contributed by atoms with Gasteiger partial charge in [0.15, 0.2) is 11.5 Å². The SMILES string of the molecule is CCCCCc1ccc(OC)c(OC)c1.CCOC=O. The maximum Gasteiger partial charge on any atom is 0.293 e. The molecule has 0 aliphatic rings. The number of methoxy groups -OCH3 is 2. The molecule has 0 atom stereocenters. The second-order valence-electron chi connectivity index (χ2n) is 4.20. The summed E-state index contributed by atoms with van der Waals surface area (Å²) in [6.45, 7) is 4.88. The van der Waals surface area contributed by atoms with Crippen molar-refractivity contribution in [3.8, 4) is 11.5 Å². The van der Waals surface area contributed by atoms with Gasteiger partial charge in [-0.2, -0.15) is 0 Å². The Balaban J connectivity index is 0.000000621. The monoisotopic (exact) mass is 282 g/mol. The minimum Gasteiger partial charge on any atom is -0.493 e. The number of ether oxygens (including phenoxy) is 3. The topological polar surface area (TPSA) is 44.8 Å². The Hall–Kier alpha value is -1.71. The summed E-state index contributed by atoms with van der Waals surface area (Å²) >= 11 is 0. The van der Waals surface area contributed by atoms with E-state index < -0.39 is 0 Å². The highest BCUT2D eigenvalue weighted by atomic mass is 16.5. The van der Waals surface area contributed by atoms with E-state index in [0.29, 0.717) is 13.1 Å². The van der Waals surface area contributed by atoms with E-state index in [4.69, 9.17) is 9.47 Å². The Morgan fingerprint density at radius 1 is 1.05 bits per heavy atom. The molecule has 0 heterocycles. The van der Waals surface area contributed by atoms with Crippen LogP contribution in [0.15, 0.2) is 18.2 Å². The largest absolute Gasteiger partial charge is 0.493 e. The standard InChI is InChI=1S/C13H20O2.C3H6O2/c1-4-5-6-7-11-8-9-12(14-2)13(10-11)15-3;1-2-5-3-4/h8-10H,4-7H2,1-3H3;3H,2H2,1H3. The average Bonchev–Trinajstić information content (AvgIpc) is 2.49. The Morgan fingerprint density at radius 2 is 1.75 bits per heavy atom. The molecule has 0 fully saturated rings. The van der Waals surface area contributed by atoms with Crippen LogP contribution in [0.25, 0.3) is 0 Å². The van der Waals surface area contributed by atoms with Crippen molar-refractivity contribution < 1.29 is 19.0 Å². The molecular weight excluding hydrogens is 256 g/mol. The first kappa shape index (κ1) is 18.3. The van der Waals surface area contributed by atoms with Gasteiger partial charge in [0, 0.05) is 0 Å². The smallest absolute Gasteiger partial charge is 0.293 e. The fourth-order valence-electron chi connectivity index (χ4n) is 1.68. The van der Waals surface area contributed by atoms with Crippen molar-refractivity contribution in [3.05, 3.63) is 23.8 Å². The molecule has 0 aromatic heterocycles. The van der Waals surface area contributed by atoms with E-state index in [-0.39, 0.29) is 0 Å². The molecule has 0 N–H and O–H groups in total. The van der Waals surface area contributed by atoms with Gasteiger partial charge in [-0.1, -0.05) is 25.8 Å². The molecule has 0 spiro atoms. The van der Waals surface area contributed by atoms with Gasteiger partial charge < -0.3 is 14.2 Å². The molecule has 1 aromatic rings. The zero-order valence-corrected chi connectivity index (χ0v) is 13.0. The van der Waals surface area contributed by atoms with Crippen molar-refractivity contribution in [2.75, 3.05) is 20.8 Å². The number of carbonyl (C=O) groups excluding carboxylic acids is 1. The molecule has 0 amide bonds. The van der Waals surface area contributed by atoms with E-state index >= 15 is 0 Å². The first-order chi connectivity index (χ1) is 9.73. The van der Waals surface area contributed by atoms with Crippen LogP contribution in [0.3, 0.4) is 0 Å². The number of benzene rings is 1. The molecule has 0 aliphatic carbocycles. The van der Waals surface area contributed by atoms with E-state index in [2.05, 4.69) is 23.8 Å². The van der Waals surface area contributed by atoms with Crippen LogP contribution in [0.2, 0.25) is 0 Å². The van der Waals surface area contributed by atoms with Gasteiger partial charge >= 0.3 is 0 Å². The molecule has 114 valence electrons. The highest BCUT2D eigenvalue weighted by Gasteiger charge is 2.03. The second kappa shape index (κ2) is 12.3. The molecule has 0 saturated carbocycles. The van der Waals surface area contributed by atoms with Crippen LogP contribution in [-0.4, -0.2) is 27.3 Å². The fourth-order valence-corrected chi connectivity index (χ4v) is 1.68. The van der Waals surface area contributed by atoms with Gasteiger partial charge in [0.2, 0.25) is 0 Å². The molecule has 0 radical (unpaired) electrons. The van der Waals surface area contributed by atoms with Gasteiger partial charge in [-0.05, 0) is 37.5 Å². The van der Waals surface area contributed by atoms with Gasteiger partial charge in [-0.3, -0.25) is 4.79 Å². The maximum atomic E-state index is 9.18. The third-order valence-corrected chi connectivity index (χ3v) is 2.75. The lowest BCUT2D eigenvalue weighted by atomic mass is 10.1. The molecule has 20 heavy (non-hydrogen) atoms. The quantitative estimate of drug-likeness (QED) is 0.539. The highest BCUT2D eigenvalue weighted by Crippen LogP contribution is 2.28. The van der Waals surface area contributed by atoms with E-state index in [1.807, 2.05) is 6.07 Å². The molecular formula is C16H26O4. The van der Waals surface area contributed by atoms with Crippen molar-refractivity contribution in [1.82, 2.24) is 0 Å². The molecule has 0 unspecified atom stereocenters. The predicted molar refractivity (Wildman–Crippen MR) is 80.5 cm³/mol. The minimum atomic E-state index is 0.431. The molecule has 0 bridgehead atoms. The Morgan fingerprint density at radius 3 is 2.20 bits per heavy atom. The van der Waals surface area contributed by atoms with Crippen LogP contribution in [0.1, 0.15) is 38.7 Å². The average molecular weight is 282 g/mol. The van der Waals surface area contributed by atoms with Crippen molar-refractivity contribution in [2.24, 2.45) is 0 Å². The second-order valence-corrected chi connectivity index (χ2v) is 4.20. The maximum absolute atomic E-state index is 9.18. The highest BCUT2D eigenvalue weighted by molar-refractivity contribution is 5.42. The normalized spacial score (nSPS) is 9.20. The van der Waals surface area contributed by atoms with Crippen LogP contribution in [0.5, 0.6) is 11.5 Å². The first-order valence-electron chi connectivity index (χ1n) is 6.99. The number of carbonyl (C=O) groups is 1. The lowest BCUT2D eigenvalue weighted by molar-refractivity contribution is -0.128. The third-order valence-electron chi connectivity index (χ3n) is 2.75. The Kier molecular flexibility index (Phi) is 11.3. The van der Waals surface area contributed by atoms with Crippen LogP contribution in [0, 0.1) is 0 Å². The van der Waals surface area contributed by atoms with Crippen molar-refractivity contribution in [1.29, 1.82) is 0 Å². The summed E-state index contributed by atoms with van der Waals surface area (Å²) in [6, 6.07) is 6.14. The summed E-state index contributed by atoms with van der Waals surface area (Å²) in [5, 5.41) is 0. The summed E-state index contributed by atoms with van der Waals surface area (Å²) in [5.74, 6) is 1.63. The van der Waals surface area contributed by atoms with Gasteiger partial charge in [0.25, 0.3) is 6.47 Å². The number of rotatable bonds is 8. The summed E-state index contributed by atoms with van der Waals surface area (Å²) in [4.78, 5) is 9.18. The van der Waals surface area contributed by atoms with Crippen LogP contribution in [-0.2, 0) is 16.0 Å². The summed E-state index contributed by atoms with van der Waals surface area (Å²) in [5.41, 5.74) is 1.32. The Bertz CT molecular complexity index is 363. The molecule has 4 nitrogen and oxygen atoms in total. The van der Waals surface area contributed by atoms with E-state index in [0.717, 1.165) is 17.9 Å². The molecule has 1 rings (SSSR count). The fraction of sp³-hybridized carbons (Fsp3) is 0.562. The van der Waals surface area contributed by atoms with Crippen LogP contribution < -0.4 is 9.47 Å². The summed E-state index contributed by atoms with van der Waals surface area (Å²) in [6.07, 6.45) is 4.90. The van der Waals surface area contributed by atoms with E-state index in [1.54, 1.807) is 21.1 Å². The summed E-state index contributed by atoms with van der Waals surface area (Å²) < 4.78 is 14.6. The van der Waals surface area contributed by atoms with Gasteiger partial charge in [-0.15, -0.1) is 0 Å². The summed E-state index contributed by atoms with van der Waals surface area (Å²) in [7, 11) is 3.34. The van der Waals surface area contributed by atoms with E-state index in [1.165, 1.54) is 24.8 Å². The number of unbranched alkanes of at least 4 members (excludes halogenated alkanes) is 2. The molecule has 4 heteroatoms. The van der Waals surface area contributed by atoms with E-state index in [9.17, 15) is 4.79 Å². The number of hydrogen-bond donors (Lipinski definition) is 0. The van der Waals surface area contributed by atoms with Crippen molar-refractivity contribution in [2.45, 2.75) is 39.5 Å². The minimum absolute atomic E-state index is 0.431. The molecule has 0 aliphatic heterocycles. The lowest BCUT2D eigenvalue weighted by Gasteiger charge is -2.09. The van der Waals surface area contributed by atoms with Crippen LogP contribution in [0.4, 0.5) is 0 Å². The van der Waals surface area contributed by atoms with Gasteiger partial charge in [-0.25, -0.2) is 0 Å². The zero-order valence-electron chi connectivity index (χ0n) is 13.0.